The third-order valence-corrected chi connectivity index (χ3v) is 13.1. The van der Waals surface area contributed by atoms with Gasteiger partial charge in [-0.15, -0.1) is 0 Å². The van der Waals surface area contributed by atoms with E-state index in [0.29, 0.717) is 23.4 Å². The molecule has 294 valence electrons. The van der Waals surface area contributed by atoms with E-state index in [2.05, 4.69) is 133 Å². The second-order valence-electron chi connectivity index (χ2n) is 16.6. The molecular formula is C57H33N3O3. The number of allylic oxidation sites excluding steroid dienone is 4. The van der Waals surface area contributed by atoms with Gasteiger partial charge in [0, 0.05) is 60.8 Å². The molecule has 4 aromatic heterocycles. The third kappa shape index (κ3) is 5.09. The van der Waals surface area contributed by atoms with Crippen LogP contribution in [0.25, 0.3) is 122 Å². The highest BCUT2D eigenvalue weighted by atomic mass is 16.3. The van der Waals surface area contributed by atoms with Crippen molar-refractivity contribution in [2.75, 3.05) is 0 Å². The molecule has 0 saturated heterocycles. The SMILES string of the molecule is C1=CC2c3ccccc3-c3cc(-c4nc(-c5ccc6c(c5)oc5cccc(-c7cccc8oc9ccccc9c78)c56)nc(-c5cccc6oc7ccccc7c56)n4)ccc3C2C=C1. The average Bonchev–Trinajstić information content (AvgIpc) is 4.05. The van der Waals surface area contributed by atoms with E-state index in [1.165, 1.54) is 22.3 Å². The van der Waals surface area contributed by atoms with Crippen molar-refractivity contribution in [2.45, 2.75) is 11.8 Å². The lowest BCUT2D eigenvalue weighted by Gasteiger charge is -2.34. The van der Waals surface area contributed by atoms with Crippen LogP contribution < -0.4 is 0 Å². The molecule has 0 saturated carbocycles. The van der Waals surface area contributed by atoms with Crippen LogP contribution in [-0.2, 0) is 0 Å². The monoisotopic (exact) mass is 807 g/mol. The predicted molar refractivity (Wildman–Crippen MR) is 253 cm³/mol. The van der Waals surface area contributed by atoms with Gasteiger partial charge in [-0.2, -0.15) is 0 Å². The fourth-order valence-electron chi connectivity index (χ4n) is 10.4. The van der Waals surface area contributed by atoms with E-state index in [4.69, 9.17) is 28.2 Å². The first kappa shape index (κ1) is 34.4. The zero-order valence-corrected chi connectivity index (χ0v) is 33.6. The molecule has 6 nitrogen and oxygen atoms in total. The van der Waals surface area contributed by atoms with Gasteiger partial charge in [-0.05, 0) is 81.9 Å². The van der Waals surface area contributed by atoms with E-state index in [1.54, 1.807) is 0 Å². The number of nitrogens with zero attached hydrogens (tertiary/aromatic N) is 3. The molecule has 0 amide bonds. The van der Waals surface area contributed by atoms with Crippen LogP contribution in [0.2, 0.25) is 0 Å². The molecule has 4 heterocycles. The second-order valence-corrected chi connectivity index (χ2v) is 16.6. The van der Waals surface area contributed by atoms with Gasteiger partial charge in [0.05, 0.1) is 0 Å². The summed E-state index contributed by atoms with van der Waals surface area (Å²) in [5.41, 5.74) is 14.8. The zero-order valence-electron chi connectivity index (χ0n) is 33.6. The standard InChI is InChI=1S/C57H33N3O3/c1-2-14-36-34(12-1)35-13-3-4-15-37(35)45-30-32(26-28-38(36)45)55-58-56(60-57(59-55)44-20-11-25-50-54(44)42-17-6-8-22-47(42)62-50)33-27-29-43-51(31-33)63-49-24-10-19-40(53(43)49)39-18-9-23-48-52(39)41-16-5-7-21-46(41)61-48/h1-31,34,36H. The molecule has 12 aromatic rings. The summed E-state index contributed by atoms with van der Waals surface area (Å²) >= 11 is 0. The first-order chi connectivity index (χ1) is 31.2. The van der Waals surface area contributed by atoms with Crippen molar-refractivity contribution < 1.29 is 13.3 Å². The summed E-state index contributed by atoms with van der Waals surface area (Å²) in [6.45, 7) is 0. The van der Waals surface area contributed by atoms with E-state index in [9.17, 15) is 0 Å². The minimum atomic E-state index is 0.258. The molecule has 0 spiro atoms. The molecule has 2 aliphatic carbocycles. The van der Waals surface area contributed by atoms with Crippen molar-refractivity contribution in [1.29, 1.82) is 0 Å². The summed E-state index contributed by atoms with van der Waals surface area (Å²) in [6, 6.07) is 56.7. The lowest BCUT2D eigenvalue weighted by atomic mass is 9.70. The van der Waals surface area contributed by atoms with Crippen molar-refractivity contribution >= 4 is 65.8 Å². The van der Waals surface area contributed by atoms with Gasteiger partial charge < -0.3 is 13.3 Å². The molecule has 0 aliphatic heterocycles. The highest BCUT2D eigenvalue weighted by molar-refractivity contribution is 6.19. The van der Waals surface area contributed by atoms with Crippen molar-refractivity contribution in [2.24, 2.45) is 0 Å². The Morgan fingerprint density at radius 3 is 1.44 bits per heavy atom. The summed E-state index contributed by atoms with van der Waals surface area (Å²) < 4.78 is 19.3. The lowest BCUT2D eigenvalue weighted by molar-refractivity contribution is 0.668. The molecule has 0 bridgehead atoms. The van der Waals surface area contributed by atoms with Gasteiger partial charge in [-0.1, -0.05) is 140 Å². The van der Waals surface area contributed by atoms with Crippen LogP contribution in [0.4, 0.5) is 0 Å². The minimum absolute atomic E-state index is 0.258. The van der Waals surface area contributed by atoms with Crippen LogP contribution in [-0.4, -0.2) is 15.0 Å². The fraction of sp³-hybridized carbons (Fsp3) is 0.0351. The van der Waals surface area contributed by atoms with Gasteiger partial charge in [-0.25, -0.2) is 15.0 Å². The Morgan fingerprint density at radius 1 is 0.317 bits per heavy atom. The molecule has 2 unspecified atom stereocenters. The summed E-state index contributed by atoms with van der Waals surface area (Å²) in [5.74, 6) is 2.27. The maximum Gasteiger partial charge on any atom is 0.164 e. The lowest BCUT2D eigenvalue weighted by Crippen LogP contribution is -2.16. The van der Waals surface area contributed by atoms with Gasteiger partial charge in [0.25, 0.3) is 0 Å². The smallest absolute Gasteiger partial charge is 0.164 e. The Bertz CT molecular complexity index is 3960. The van der Waals surface area contributed by atoms with E-state index in [-0.39, 0.29) is 5.92 Å². The average molecular weight is 808 g/mol. The molecule has 8 aromatic carbocycles. The first-order valence-corrected chi connectivity index (χ1v) is 21.3. The molecule has 6 heteroatoms. The molecule has 63 heavy (non-hydrogen) atoms. The van der Waals surface area contributed by atoms with E-state index in [1.807, 2.05) is 54.6 Å². The van der Waals surface area contributed by atoms with Crippen LogP contribution in [0.5, 0.6) is 0 Å². The zero-order chi connectivity index (χ0) is 41.2. The van der Waals surface area contributed by atoms with Gasteiger partial charge >= 0.3 is 0 Å². The third-order valence-electron chi connectivity index (χ3n) is 13.1. The highest BCUT2D eigenvalue weighted by Crippen LogP contribution is 2.50. The largest absolute Gasteiger partial charge is 0.456 e. The molecule has 14 rings (SSSR count). The van der Waals surface area contributed by atoms with Crippen molar-refractivity contribution in [3.05, 3.63) is 199 Å². The number of hydrogen-bond acceptors (Lipinski definition) is 6. The van der Waals surface area contributed by atoms with Crippen LogP contribution in [0.3, 0.4) is 0 Å². The van der Waals surface area contributed by atoms with E-state index < -0.39 is 0 Å². The fourth-order valence-corrected chi connectivity index (χ4v) is 10.4. The number of hydrogen-bond donors (Lipinski definition) is 0. The molecule has 0 radical (unpaired) electrons. The van der Waals surface area contributed by atoms with E-state index in [0.717, 1.165) is 93.6 Å². The minimum Gasteiger partial charge on any atom is -0.456 e. The summed E-state index contributed by atoms with van der Waals surface area (Å²) in [7, 11) is 0. The van der Waals surface area contributed by atoms with Crippen molar-refractivity contribution in [1.82, 2.24) is 15.0 Å². The normalized spacial score (nSPS) is 15.5. The molecule has 0 fully saturated rings. The first-order valence-electron chi connectivity index (χ1n) is 21.3. The van der Waals surface area contributed by atoms with E-state index >= 15 is 0 Å². The van der Waals surface area contributed by atoms with Crippen LogP contribution in [0.15, 0.2) is 201 Å². The quantitative estimate of drug-likeness (QED) is 0.176. The van der Waals surface area contributed by atoms with Crippen LogP contribution >= 0.6 is 0 Å². The van der Waals surface area contributed by atoms with Crippen LogP contribution in [0.1, 0.15) is 23.0 Å². The Kier molecular flexibility index (Phi) is 7.13. The number of benzene rings is 8. The second kappa shape index (κ2) is 13.1. The topological polar surface area (TPSA) is 78.1 Å². The van der Waals surface area contributed by atoms with Gasteiger partial charge in [0.15, 0.2) is 17.5 Å². The summed E-state index contributed by atoms with van der Waals surface area (Å²) in [4.78, 5) is 15.8. The van der Waals surface area contributed by atoms with Gasteiger partial charge in [-0.3, -0.25) is 0 Å². The summed E-state index contributed by atoms with van der Waals surface area (Å²) in [5, 5.41) is 6.23. The molecular weight excluding hydrogens is 775 g/mol. The Labute approximate surface area is 360 Å². The number of aromatic nitrogens is 3. The Hall–Kier alpha value is -8.35. The van der Waals surface area contributed by atoms with Crippen LogP contribution in [0, 0.1) is 0 Å². The number of furan rings is 3. The number of rotatable bonds is 4. The molecule has 2 aliphatic rings. The number of fused-ring (bicyclic) bond motifs is 15. The highest BCUT2D eigenvalue weighted by Gasteiger charge is 2.32. The van der Waals surface area contributed by atoms with Crippen molar-refractivity contribution in [3.8, 4) is 56.4 Å². The maximum atomic E-state index is 6.70. The summed E-state index contributed by atoms with van der Waals surface area (Å²) in [6.07, 6.45) is 8.98. The van der Waals surface area contributed by atoms with Crippen molar-refractivity contribution in [3.63, 3.8) is 0 Å². The molecule has 0 N–H and O–H groups in total. The Balaban J connectivity index is 0.971. The number of para-hydroxylation sites is 2. The van der Waals surface area contributed by atoms with Gasteiger partial charge in [0.2, 0.25) is 0 Å². The molecule has 2 atom stereocenters. The van der Waals surface area contributed by atoms with Gasteiger partial charge in [0.1, 0.15) is 33.5 Å². The maximum absolute atomic E-state index is 6.70. The Morgan fingerprint density at radius 2 is 0.778 bits per heavy atom. The predicted octanol–water partition coefficient (Wildman–Crippen LogP) is 15.2.